The third-order valence-electron chi connectivity index (χ3n) is 3.45. The van der Waals surface area contributed by atoms with Gasteiger partial charge in [-0.05, 0) is 33.7 Å². The van der Waals surface area contributed by atoms with Crippen molar-refractivity contribution in [2.24, 2.45) is 0 Å². The van der Waals surface area contributed by atoms with E-state index in [-0.39, 0.29) is 0 Å². The smallest absolute Gasteiger partial charge is 0.209 e. The molecule has 1 N–H and O–H groups in total. The predicted octanol–water partition coefficient (Wildman–Crippen LogP) is 0.537. The average Bonchev–Trinajstić information content (AvgIpc) is 2.30. The van der Waals surface area contributed by atoms with E-state index in [2.05, 4.69) is 24.1 Å². The van der Waals surface area contributed by atoms with Gasteiger partial charge in [0, 0.05) is 38.3 Å². The Labute approximate surface area is 99.0 Å². The van der Waals surface area contributed by atoms with Crippen LogP contribution in [0, 0.1) is 0 Å². The van der Waals surface area contributed by atoms with Crippen LogP contribution in [-0.2, 0) is 4.79 Å². The number of carbonyl (C=O) groups is 1. The third-order valence-corrected chi connectivity index (χ3v) is 3.45. The zero-order chi connectivity index (χ0) is 12.0. The molecule has 0 atom stereocenters. The Kier molecular flexibility index (Phi) is 5.77. The molecule has 0 radical (unpaired) electrons. The van der Waals surface area contributed by atoms with E-state index in [1.807, 2.05) is 11.9 Å². The lowest BCUT2D eigenvalue weighted by Crippen LogP contribution is -2.47. The van der Waals surface area contributed by atoms with E-state index >= 15 is 0 Å². The van der Waals surface area contributed by atoms with Crippen molar-refractivity contribution >= 4 is 6.41 Å². The van der Waals surface area contributed by atoms with Crippen molar-refractivity contribution in [3.05, 3.63) is 0 Å². The molecule has 1 rings (SSSR count). The second-order valence-corrected chi connectivity index (χ2v) is 4.81. The van der Waals surface area contributed by atoms with E-state index in [1.165, 1.54) is 0 Å². The molecular formula is C12H25N3O. The van der Waals surface area contributed by atoms with Gasteiger partial charge in [0.05, 0.1) is 0 Å². The van der Waals surface area contributed by atoms with Crippen molar-refractivity contribution in [1.29, 1.82) is 0 Å². The molecule has 1 aliphatic rings. The van der Waals surface area contributed by atoms with Gasteiger partial charge in [-0.2, -0.15) is 0 Å². The number of hydrogen-bond acceptors (Lipinski definition) is 3. The van der Waals surface area contributed by atoms with Crippen molar-refractivity contribution in [2.45, 2.75) is 38.8 Å². The van der Waals surface area contributed by atoms with Gasteiger partial charge in [-0.25, -0.2) is 0 Å². The molecule has 0 unspecified atom stereocenters. The second kappa shape index (κ2) is 6.86. The Morgan fingerprint density at radius 3 is 2.50 bits per heavy atom. The van der Waals surface area contributed by atoms with E-state index in [4.69, 9.17) is 0 Å². The van der Waals surface area contributed by atoms with Crippen LogP contribution in [0.2, 0.25) is 0 Å². The SMILES string of the molecule is CNCCN(C=O)C1CCN(C(C)C)CC1. The Morgan fingerprint density at radius 2 is 2.06 bits per heavy atom. The number of nitrogens with zero attached hydrogens (tertiary/aromatic N) is 2. The van der Waals surface area contributed by atoms with Gasteiger partial charge in [-0.3, -0.25) is 4.79 Å². The zero-order valence-electron chi connectivity index (χ0n) is 10.8. The third kappa shape index (κ3) is 3.76. The molecule has 4 nitrogen and oxygen atoms in total. The Balaban J connectivity index is 2.35. The fraction of sp³-hybridized carbons (Fsp3) is 0.917. The summed E-state index contributed by atoms with van der Waals surface area (Å²) < 4.78 is 0. The van der Waals surface area contributed by atoms with Crippen LogP contribution in [0.3, 0.4) is 0 Å². The van der Waals surface area contributed by atoms with E-state index < -0.39 is 0 Å². The molecule has 1 saturated heterocycles. The summed E-state index contributed by atoms with van der Waals surface area (Å²) in [6.45, 7) is 8.41. The lowest BCUT2D eigenvalue weighted by molar-refractivity contribution is -0.121. The fourth-order valence-electron chi connectivity index (χ4n) is 2.30. The number of hydrogen-bond donors (Lipinski definition) is 1. The number of likely N-dealkylation sites (N-methyl/N-ethyl adjacent to an activating group) is 1. The Bertz CT molecular complexity index is 200. The number of carbonyl (C=O) groups excluding carboxylic acids is 1. The molecule has 0 spiro atoms. The summed E-state index contributed by atoms with van der Waals surface area (Å²) in [5, 5.41) is 3.09. The van der Waals surface area contributed by atoms with Gasteiger partial charge in [0.1, 0.15) is 0 Å². The monoisotopic (exact) mass is 227 g/mol. The average molecular weight is 227 g/mol. The maximum Gasteiger partial charge on any atom is 0.209 e. The summed E-state index contributed by atoms with van der Waals surface area (Å²) >= 11 is 0. The van der Waals surface area contributed by atoms with E-state index in [9.17, 15) is 4.79 Å². The van der Waals surface area contributed by atoms with Crippen molar-refractivity contribution in [1.82, 2.24) is 15.1 Å². The summed E-state index contributed by atoms with van der Waals surface area (Å²) in [6, 6.07) is 1.07. The van der Waals surface area contributed by atoms with Gasteiger partial charge in [0.25, 0.3) is 0 Å². The second-order valence-electron chi connectivity index (χ2n) is 4.81. The molecule has 94 valence electrons. The van der Waals surface area contributed by atoms with E-state index in [0.717, 1.165) is 45.4 Å². The largest absolute Gasteiger partial charge is 0.341 e. The van der Waals surface area contributed by atoms with Crippen molar-refractivity contribution in [3.63, 3.8) is 0 Å². The molecule has 1 amide bonds. The molecule has 1 fully saturated rings. The van der Waals surface area contributed by atoms with Crippen molar-refractivity contribution in [3.8, 4) is 0 Å². The molecule has 0 bridgehead atoms. The molecule has 4 heteroatoms. The van der Waals surface area contributed by atoms with E-state index in [0.29, 0.717) is 12.1 Å². The number of amides is 1. The Morgan fingerprint density at radius 1 is 1.44 bits per heavy atom. The molecule has 0 aromatic heterocycles. The molecule has 1 aliphatic heterocycles. The summed E-state index contributed by atoms with van der Waals surface area (Å²) in [7, 11) is 1.92. The molecule has 1 heterocycles. The standard InChI is InChI=1S/C12H25N3O/c1-11(2)14-7-4-12(5-8-14)15(10-16)9-6-13-3/h10-13H,4-9H2,1-3H3. The lowest BCUT2D eigenvalue weighted by atomic mass is 10.0. The van der Waals surface area contributed by atoms with Gasteiger partial charge in [0.2, 0.25) is 6.41 Å². The minimum absolute atomic E-state index is 0.445. The van der Waals surface area contributed by atoms with Crippen LogP contribution in [0.5, 0.6) is 0 Å². The molecule has 0 aromatic rings. The number of rotatable bonds is 6. The topological polar surface area (TPSA) is 35.6 Å². The lowest BCUT2D eigenvalue weighted by Gasteiger charge is -2.38. The number of likely N-dealkylation sites (tertiary alicyclic amines) is 1. The maximum atomic E-state index is 11.0. The van der Waals surface area contributed by atoms with Crippen molar-refractivity contribution < 1.29 is 4.79 Å². The van der Waals surface area contributed by atoms with Gasteiger partial charge >= 0.3 is 0 Å². The fourth-order valence-corrected chi connectivity index (χ4v) is 2.30. The summed E-state index contributed by atoms with van der Waals surface area (Å²) in [6.07, 6.45) is 3.23. The van der Waals surface area contributed by atoms with Gasteiger partial charge in [0.15, 0.2) is 0 Å². The summed E-state index contributed by atoms with van der Waals surface area (Å²) in [5.41, 5.74) is 0. The highest BCUT2D eigenvalue weighted by atomic mass is 16.1. The molecule has 0 aromatic carbocycles. The summed E-state index contributed by atoms with van der Waals surface area (Å²) in [4.78, 5) is 15.4. The van der Waals surface area contributed by atoms with Crippen LogP contribution in [0.1, 0.15) is 26.7 Å². The zero-order valence-corrected chi connectivity index (χ0v) is 10.8. The van der Waals surface area contributed by atoms with E-state index in [1.54, 1.807) is 0 Å². The van der Waals surface area contributed by atoms with Crippen LogP contribution < -0.4 is 5.32 Å². The molecule has 0 aliphatic carbocycles. The highest BCUT2D eigenvalue weighted by Gasteiger charge is 2.24. The number of nitrogens with one attached hydrogen (secondary N) is 1. The van der Waals surface area contributed by atoms with Gasteiger partial charge in [-0.15, -0.1) is 0 Å². The van der Waals surface area contributed by atoms with Crippen LogP contribution in [-0.4, -0.2) is 61.5 Å². The maximum absolute atomic E-state index is 11.0. The minimum atomic E-state index is 0.445. The Hall–Kier alpha value is -0.610. The highest BCUT2D eigenvalue weighted by Crippen LogP contribution is 2.16. The minimum Gasteiger partial charge on any atom is -0.341 e. The first kappa shape index (κ1) is 13.5. The van der Waals surface area contributed by atoms with Crippen LogP contribution in [0.4, 0.5) is 0 Å². The van der Waals surface area contributed by atoms with Crippen LogP contribution in [0.15, 0.2) is 0 Å². The first-order valence-electron chi connectivity index (χ1n) is 6.28. The summed E-state index contributed by atoms with van der Waals surface area (Å²) in [5.74, 6) is 0. The van der Waals surface area contributed by atoms with Gasteiger partial charge < -0.3 is 15.1 Å². The van der Waals surface area contributed by atoms with Crippen molar-refractivity contribution in [2.75, 3.05) is 33.2 Å². The normalized spacial score (nSPS) is 19.0. The quantitative estimate of drug-likeness (QED) is 0.673. The molecular weight excluding hydrogens is 202 g/mol. The molecule has 0 saturated carbocycles. The van der Waals surface area contributed by atoms with Crippen LogP contribution >= 0.6 is 0 Å². The first-order chi connectivity index (χ1) is 7.69. The molecule has 16 heavy (non-hydrogen) atoms. The predicted molar refractivity (Wildman–Crippen MR) is 66.4 cm³/mol. The highest BCUT2D eigenvalue weighted by molar-refractivity contribution is 5.47. The first-order valence-corrected chi connectivity index (χ1v) is 6.28. The van der Waals surface area contributed by atoms with Crippen LogP contribution in [0.25, 0.3) is 0 Å². The number of piperidine rings is 1. The van der Waals surface area contributed by atoms with Gasteiger partial charge in [-0.1, -0.05) is 0 Å².